The molecule has 2 fully saturated rings. The number of likely N-dealkylation sites (tertiary alicyclic amines) is 1. The maximum absolute atomic E-state index is 12.7. The Balaban J connectivity index is 1.26. The van der Waals surface area contributed by atoms with E-state index in [2.05, 4.69) is 10.00 Å². The highest BCUT2D eigenvalue weighted by molar-refractivity contribution is 5.79. The van der Waals surface area contributed by atoms with E-state index in [1.807, 2.05) is 28.0 Å². The molecule has 8 heteroatoms. The normalized spacial score (nSPS) is 18.2. The number of amides is 2. The Morgan fingerprint density at radius 3 is 2.26 bits per heavy atom. The molecule has 0 spiro atoms. The van der Waals surface area contributed by atoms with E-state index in [4.69, 9.17) is 0 Å². The molecule has 3 heterocycles. The van der Waals surface area contributed by atoms with Gasteiger partial charge in [-0.15, -0.1) is 0 Å². The molecule has 0 unspecified atom stereocenters. The van der Waals surface area contributed by atoms with E-state index < -0.39 is 0 Å². The Labute approximate surface area is 182 Å². The fourth-order valence-electron chi connectivity index (χ4n) is 4.47. The van der Waals surface area contributed by atoms with Gasteiger partial charge in [0.05, 0.1) is 24.8 Å². The van der Waals surface area contributed by atoms with Crippen LogP contribution in [-0.2, 0) is 16.1 Å². The highest BCUT2D eigenvalue weighted by atomic mass is 16.2. The van der Waals surface area contributed by atoms with Crippen LogP contribution in [0.1, 0.15) is 32.1 Å². The molecule has 0 aliphatic carbocycles. The largest absolute Gasteiger partial charge is 0.342 e. The number of hydrogen-bond donors (Lipinski definition) is 0. The van der Waals surface area contributed by atoms with Crippen molar-refractivity contribution in [3.05, 3.63) is 40.7 Å². The number of fused-ring (bicyclic) bond motifs is 1. The van der Waals surface area contributed by atoms with E-state index in [0.717, 1.165) is 44.5 Å². The zero-order valence-corrected chi connectivity index (χ0v) is 18.0. The zero-order valence-electron chi connectivity index (χ0n) is 18.0. The van der Waals surface area contributed by atoms with Gasteiger partial charge in [-0.1, -0.05) is 25.0 Å². The third-order valence-corrected chi connectivity index (χ3v) is 6.34. The molecule has 31 heavy (non-hydrogen) atoms. The lowest BCUT2D eigenvalue weighted by atomic mass is 10.2. The first-order valence-electron chi connectivity index (χ1n) is 11.3. The Bertz CT molecular complexity index is 973. The van der Waals surface area contributed by atoms with Crippen molar-refractivity contribution in [3.8, 4) is 0 Å². The van der Waals surface area contributed by atoms with Crippen LogP contribution in [0.2, 0.25) is 0 Å². The van der Waals surface area contributed by atoms with E-state index in [9.17, 15) is 14.4 Å². The lowest BCUT2D eigenvalue weighted by Gasteiger charge is -2.35. The van der Waals surface area contributed by atoms with E-state index in [0.29, 0.717) is 38.0 Å². The van der Waals surface area contributed by atoms with Gasteiger partial charge in [-0.05, 0) is 25.0 Å². The summed E-state index contributed by atoms with van der Waals surface area (Å²) >= 11 is 0. The zero-order chi connectivity index (χ0) is 21.6. The highest BCUT2D eigenvalue weighted by Crippen LogP contribution is 2.12. The average Bonchev–Trinajstić information content (AvgIpc) is 3.09. The van der Waals surface area contributed by atoms with E-state index in [-0.39, 0.29) is 17.2 Å². The van der Waals surface area contributed by atoms with Gasteiger partial charge in [0.25, 0.3) is 0 Å². The van der Waals surface area contributed by atoms with Crippen molar-refractivity contribution in [2.45, 2.75) is 38.6 Å². The van der Waals surface area contributed by atoms with Gasteiger partial charge < -0.3 is 9.80 Å². The summed E-state index contributed by atoms with van der Waals surface area (Å²) in [6.45, 7) is 5.39. The summed E-state index contributed by atoms with van der Waals surface area (Å²) in [6, 6.07) is 7.34. The number of rotatable bonds is 5. The van der Waals surface area contributed by atoms with Crippen LogP contribution < -0.4 is 5.43 Å². The minimum absolute atomic E-state index is 0.0862. The standard InChI is InChI=1S/C23H31N5O3/c29-21-17-24-28(20-8-4-3-7-19(20)21)12-9-22(30)27-15-13-25(14-16-27)18-23(31)26-10-5-1-2-6-11-26/h3-4,7-8,17H,1-2,5-6,9-16,18H2. The number of nitrogens with zero attached hydrogens (tertiary/aromatic N) is 5. The fourth-order valence-corrected chi connectivity index (χ4v) is 4.47. The van der Waals surface area contributed by atoms with Crippen LogP contribution >= 0.6 is 0 Å². The van der Waals surface area contributed by atoms with Crippen molar-refractivity contribution < 1.29 is 9.59 Å². The van der Waals surface area contributed by atoms with Crippen LogP contribution in [0.25, 0.3) is 10.9 Å². The molecule has 2 saturated heterocycles. The van der Waals surface area contributed by atoms with Crippen LogP contribution in [0, 0.1) is 0 Å². The molecule has 166 valence electrons. The third kappa shape index (κ3) is 5.31. The van der Waals surface area contributed by atoms with Gasteiger partial charge in [0, 0.05) is 51.1 Å². The maximum atomic E-state index is 12.7. The SMILES string of the molecule is O=C(CCn1ncc(=O)c2ccccc21)N1CCN(CC(=O)N2CCCCCC2)CC1. The summed E-state index contributed by atoms with van der Waals surface area (Å²) in [4.78, 5) is 43.3. The smallest absolute Gasteiger partial charge is 0.236 e. The second kappa shape index (κ2) is 10.0. The number of para-hydroxylation sites is 1. The molecule has 8 nitrogen and oxygen atoms in total. The van der Waals surface area contributed by atoms with Crippen molar-refractivity contribution in [1.29, 1.82) is 0 Å². The lowest BCUT2D eigenvalue weighted by molar-refractivity contribution is -0.135. The van der Waals surface area contributed by atoms with Gasteiger partial charge in [-0.3, -0.25) is 24.0 Å². The van der Waals surface area contributed by atoms with Crippen LogP contribution in [0.4, 0.5) is 0 Å². The van der Waals surface area contributed by atoms with Gasteiger partial charge in [0.2, 0.25) is 17.2 Å². The molecule has 0 radical (unpaired) electrons. The molecule has 2 aliphatic heterocycles. The first-order valence-corrected chi connectivity index (χ1v) is 11.3. The predicted molar refractivity (Wildman–Crippen MR) is 119 cm³/mol. The van der Waals surface area contributed by atoms with Crippen molar-refractivity contribution in [3.63, 3.8) is 0 Å². The number of piperazine rings is 1. The van der Waals surface area contributed by atoms with Crippen molar-refractivity contribution >= 4 is 22.7 Å². The van der Waals surface area contributed by atoms with Crippen LogP contribution in [0.3, 0.4) is 0 Å². The molecule has 2 amide bonds. The third-order valence-electron chi connectivity index (χ3n) is 6.34. The summed E-state index contributed by atoms with van der Waals surface area (Å²) in [5, 5.41) is 4.82. The molecule has 0 atom stereocenters. The molecule has 4 rings (SSSR count). The minimum atomic E-state index is -0.107. The molecule has 1 aromatic carbocycles. The fraction of sp³-hybridized carbons (Fsp3) is 0.565. The van der Waals surface area contributed by atoms with E-state index >= 15 is 0 Å². The highest BCUT2D eigenvalue weighted by Gasteiger charge is 2.24. The van der Waals surface area contributed by atoms with Gasteiger partial charge >= 0.3 is 0 Å². The molecule has 0 saturated carbocycles. The topological polar surface area (TPSA) is 78.8 Å². The average molecular weight is 426 g/mol. The quantitative estimate of drug-likeness (QED) is 0.722. The molecular formula is C23H31N5O3. The lowest BCUT2D eigenvalue weighted by Crippen LogP contribution is -2.51. The number of aryl methyl sites for hydroxylation is 1. The Morgan fingerprint density at radius 1 is 0.839 bits per heavy atom. The van der Waals surface area contributed by atoms with Gasteiger partial charge in [-0.2, -0.15) is 5.10 Å². The summed E-state index contributed by atoms with van der Waals surface area (Å²) in [7, 11) is 0. The van der Waals surface area contributed by atoms with E-state index in [1.54, 1.807) is 10.7 Å². The Kier molecular flexibility index (Phi) is 6.96. The molecule has 2 aromatic rings. The number of hydrogen-bond acceptors (Lipinski definition) is 5. The monoisotopic (exact) mass is 425 g/mol. The number of carbonyl (C=O) groups excluding carboxylic acids is 2. The summed E-state index contributed by atoms with van der Waals surface area (Å²) in [6.07, 6.45) is 6.30. The first-order chi connectivity index (χ1) is 15.1. The number of carbonyl (C=O) groups is 2. The minimum Gasteiger partial charge on any atom is -0.342 e. The number of aromatic nitrogens is 2. The van der Waals surface area contributed by atoms with Gasteiger partial charge in [-0.25, -0.2) is 0 Å². The second-order valence-corrected chi connectivity index (χ2v) is 8.45. The van der Waals surface area contributed by atoms with E-state index in [1.165, 1.54) is 19.0 Å². The number of benzene rings is 1. The van der Waals surface area contributed by atoms with Crippen LogP contribution in [0.15, 0.2) is 35.3 Å². The Hall–Kier alpha value is -2.74. The van der Waals surface area contributed by atoms with Crippen molar-refractivity contribution in [2.75, 3.05) is 45.8 Å². The van der Waals surface area contributed by atoms with Gasteiger partial charge in [0.15, 0.2) is 0 Å². The predicted octanol–water partition coefficient (Wildman–Crippen LogP) is 1.33. The summed E-state index contributed by atoms with van der Waals surface area (Å²) in [5.41, 5.74) is 0.642. The van der Waals surface area contributed by atoms with Gasteiger partial charge in [0.1, 0.15) is 0 Å². The molecule has 0 N–H and O–H groups in total. The van der Waals surface area contributed by atoms with Crippen LogP contribution in [0.5, 0.6) is 0 Å². The second-order valence-electron chi connectivity index (χ2n) is 8.45. The molecule has 1 aromatic heterocycles. The van der Waals surface area contributed by atoms with Crippen LogP contribution in [-0.4, -0.2) is 82.1 Å². The molecular weight excluding hydrogens is 394 g/mol. The molecule has 2 aliphatic rings. The molecule has 0 bridgehead atoms. The van der Waals surface area contributed by atoms with Crippen molar-refractivity contribution in [2.24, 2.45) is 0 Å². The summed E-state index contributed by atoms with van der Waals surface area (Å²) < 4.78 is 1.73. The first kappa shape index (κ1) is 21.5. The van der Waals surface area contributed by atoms with Crippen molar-refractivity contribution in [1.82, 2.24) is 24.5 Å². The maximum Gasteiger partial charge on any atom is 0.236 e. The summed E-state index contributed by atoms with van der Waals surface area (Å²) in [5.74, 6) is 0.306. The Morgan fingerprint density at radius 2 is 1.52 bits per heavy atom.